The summed E-state index contributed by atoms with van der Waals surface area (Å²) in [6, 6.07) is 29.7. The normalized spacial score (nSPS) is 12.3. The number of aliphatic imine (C=N–C) groups is 1. The molecule has 0 aliphatic rings. The highest BCUT2D eigenvalue weighted by Gasteiger charge is 2.38. The minimum atomic E-state index is -3.37. The lowest BCUT2D eigenvalue weighted by Gasteiger charge is -2.33. The largest absolute Gasteiger partial charge is 0.507 e. The molecule has 0 spiro atoms. The molecule has 5 rings (SSSR count). The molecule has 0 heterocycles. The number of ether oxygens (including phenoxy) is 2. The molecule has 0 atom stereocenters. The fourth-order valence-electron chi connectivity index (χ4n) is 6.64. The molecular weight excluding hydrogens is 651 g/mol. The minimum Gasteiger partial charge on any atom is -0.507 e. The van der Waals surface area contributed by atoms with Crippen LogP contribution in [-0.4, -0.2) is 30.6 Å². The first-order chi connectivity index (χ1) is 24.0. The third-order valence-corrected chi connectivity index (χ3v) is 12.8. The van der Waals surface area contributed by atoms with Crippen molar-refractivity contribution in [3.63, 3.8) is 0 Å². The second-order valence-electron chi connectivity index (χ2n) is 15.2. The minimum absolute atomic E-state index is 0.112. The molecule has 0 radical (unpaired) electrons. The fraction of sp³-hybridized carbons (Fsp3) is 0.295. The van der Waals surface area contributed by atoms with Crippen LogP contribution in [0, 0.1) is 20.8 Å². The van der Waals surface area contributed by atoms with Crippen LogP contribution < -0.4 is 25.4 Å². The third-order valence-electron chi connectivity index (χ3n) is 9.20. The van der Waals surface area contributed by atoms with Crippen LogP contribution in [0.3, 0.4) is 0 Å². The summed E-state index contributed by atoms with van der Waals surface area (Å²) in [6.07, 6.45) is 1.86. The van der Waals surface area contributed by atoms with Crippen molar-refractivity contribution in [1.29, 1.82) is 0 Å². The molecular formula is C44H51N2O4P. The maximum Gasteiger partial charge on any atom is 0.129 e. The van der Waals surface area contributed by atoms with Gasteiger partial charge in [-0.15, -0.1) is 0 Å². The monoisotopic (exact) mass is 702 g/mol. The number of methoxy groups -OCH3 is 2. The van der Waals surface area contributed by atoms with Crippen molar-refractivity contribution in [2.24, 2.45) is 9.74 Å². The van der Waals surface area contributed by atoms with Gasteiger partial charge in [0.1, 0.15) is 23.0 Å². The zero-order chi connectivity index (χ0) is 37.3. The molecule has 0 amide bonds. The van der Waals surface area contributed by atoms with Gasteiger partial charge in [0.25, 0.3) is 0 Å². The van der Waals surface area contributed by atoms with Crippen LogP contribution in [0.25, 0.3) is 0 Å². The standard InChI is InChI=1S/C44H51N2O4P/c1-28-21-29(2)40(30(3)22-28)45-27-31-17-15-16-20-37(31)46-51(34-18-13-12-14-19-34,38-25-32(49-10)23-35(41(38)47)43(4,5)6)39-26-33(50-11)24-36(42(39)48)44(7,8)9/h12-27,47-48H,1-11H3. The third kappa shape index (κ3) is 7.48. The van der Waals surface area contributed by atoms with Gasteiger partial charge in [-0.2, -0.15) is 0 Å². The number of aryl methyl sites for hydroxylation is 3. The lowest BCUT2D eigenvalue weighted by atomic mass is 9.86. The zero-order valence-corrected chi connectivity index (χ0v) is 32.7. The summed E-state index contributed by atoms with van der Waals surface area (Å²) in [5.74, 6) is 1.39. The van der Waals surface area contributed by atoms with Crippen LogP contribution in [0.5, 0.6) is 23.0 Å². The van der Waals surface area contributed by atoms with E-state index in [-0.39, 0.29) is 11.5 Å². The first-order valence-electron chi connectivity index (χ1n) is 17.2. The molecule has 51 heavy (non-hydrogen) atoms. The van der Waals surface area contributed by atoms with Gasteiger partial charge in [0.15, 0.2) is 0 Å². The Morgan fingerprint density at radius 2 is 1.10 bits per heavy atom. The van der Waals surface area contributed by atoms with E-state index in [1.54, 1.807) is 14.2 Å². The Labute approximate surface area is 303 Å². The van der Waals surface area contributed by atoms with Crippen LogP contribution in [-0.2, 0) is 10.8 Å². The molecule has 0 saturated carbocycles. The molecule has 0 aromatic heterocycles. The Balaban J connectivity index is 2.03. The van der Waals surface area contributed by atoms with Gasteiger partial charge < -0.3 is 19.7 Å². The van der Waals surface area contributed by atoms with Crippen molar-refractivity contribution in [2.45, 2.75) is 73.1 Å². The molecule has 0 bridgehead atoms. The summed E-state index contributed by atoms with van der Waals surface area (Å²) in [6.45, 7) is 18.6. The van der Waals surface area contributed by atoms with Crippen molar-refractivity contribution < 1.29 is 19.7 Å². The fourth-order valence-corrected chi connectivity index (χ4v) is 10.4. The van der Waals surface area contributed by atoms with E-state index < -0.39 is 17.9 Å². The van der Waals surface area contributed by atoms with Gasteiger partial charge in [0, 0.05) is 38.8 Å². The van der Waals surface area contributed by atoms with Crippen molar-refractivity contribution in [3.8, 4) is 23.0 Å². The second-order valence-corrected chi connectivity index (χ2v) is 18.2. The lowest BCUT2D eigenvalue weighted by Crippen LogP contribution is -2.29. The van der Waals surface area contributed by atoms with E-state index in [1.807, 2.05) is 85.1 Å². The van der Waals surface area contributed by atoms with E-state index in [9.17, 15) is 10.2 Å². The Morgan fingerprint density at radius 3 is 1.57 bits per heavy atom. The number of rotatable bonds is 8. The highest BCUT2D eigenvalue weighted by atomic mass is 31.2. The van der Waals surface area contributed by atoms with Gasteiger partial charge in [-0.3, -0.25) is 9.74 Å². The summed E-state index contributed by atoms with van der Waals surface area (Å²) in [5.41, 5.74) is 6.30. The number of nitrogens with zero attached hydrogens (tertiary/aromatic N) is 2. The zero-order valence-electron chi connectivity index (χ0n) is 31.8. The number of benzene rings is 5. The average molecular weight is 703 g/mol. The number of phenols is 2. The van der Waals surface area contributed by atoms with Crippen LogP contribution in [0.15, 0.2) is 101 Å². The first kappa shape index (κ1) is 37.5. The van der Waals surface area contributed by atoms with Crippen LogP contribution in [0.4, 0.5) is 11.4 Å². The summed E-state index contributed by atoms with van der Waals surface area (Å²) in [4.78, 5) is 5.00. The van der Waals surface area contributed by atoms with Crippen LogP contribution >= 0.6 is 7.05 Å². The van der Waals surface area contributed by atoms with Crippen LogP contribution in [0.2, 0.25) is 0 Å². The Morgan fingerprint density at radius 1 is 0.627 bits per heavy atom. The van der Waals surface area contributed by atoms with Gasteiger partial charge >= 0.3 is 0 Å². The molecule has 0 unspecified atom stereocenters. The van der Waals surface area contributed by atoms with Gasteiger partial charge in [0.2, 0.25) is 0 Å². The molecule has 5 aromatic rings. The Bertz CT molecular complexity index is 2060. The number of aromatic hydroxyl groups is 2. The lowest BCUT2D eigenvalue weighted by molar-refractivity contribution is 0.407. The van der Waals surface area contributed by atoms with Crippen molar-refractivity contribution in [2.75, 3.05) is 14.2 Å². The Hall–Kier alpha value is -4.80. The van der Waals surface area contributed by atoms with Gasteiger partial charge in [-0.1, -0.05) is 108 Å². The molecule has 5 aromatic carbocycles. The molecule has 2 N–H and O–H groups in total. The van der Waals surface area contributed by atoms with Gasteiger partial charge in [-0.25, -0.2) is 0 Å². The molecule has 0 saturated heterocycles. The molecule has 266 valence electrons. The average Bonchev–Trinajstić information content (AvgIpc) is 3.07. The summed E-state index contributed by atoms with van der Waals surface area (Å²) in [5, 5.41) is 27.0. The number of phenolic OH excluding ortho intramolecular Hbond substituents is 2. The first-order valence-corrected chi connectivity index (χ1v) is 19.0. The molecule has 6 nitrogen and oxygen atoms in total. The highest BCUT2D eigenvalue weighted by Crippen LogP contribution is 2.56. The van der Waals surface area contributed by atoms with E-state index in [2.05, 4.69) is 74.4 Å². The Kier molecular flexibility index (Phi) is 10.6. The number of hydrogen-bond acceptors (Lipinski definition) is 6. The van der Waals surface area contributed by atoms with E-state index in [1.165, 1.54) is 5.56 Å². The maximum absolute atomic E-state index is 12.5. The van der Waals surface area contributed by atoms with E-state index in [0.29, 0.717) is 38.9 Å². The van der Waals surface area contributed by atoms with Gasteiger partial charge in [0.05, 0.1) is 32.6 Å². The summed E-state index contributed by atoms with van der Waals surface area (Å²) < 4.78 is 17.6. The maximum atomic E-state index is 12.5. The smallest absolute Gasteiger partial charge is 0.129 e. The van der Waals surface area contributed by atoms with E-state index in [4.69, 9.17) is 19.2 Å². The predicted molar refractivity (Wildman–Crippen MR) is 215 cm³/mol. The molecule has 0 aliphatic heterocycles. The summed E-state index contributed by atoms with van der Waals surface area (Å²) >= 11 is 0. The second kappa shape index (κ2) is 14.4. The summed E-state index contributed by atoms with van der Waals surface area (Å²) in [7, 11) is -0.111. The van der Waals surface area contributed by atoms with Gasteiger partial charge in [-0.05, 0) is 73.1 Å². The van der Waals surface area contributed by atoms with Crippen molar-refractivity contribution in [1.82, 2.24) is 0 Å². The SMILES string of the molecule is COc1cc(C(C)(C)C)c(O)c(P(=Nc2ccccc2C=Nc2c(C)cc(C)cc2C)(c2ccccc2)c2cc(OC)cc(C(C)(C)C)c2O)c1. The molecule has 7 heteroatoms. The van der Waals surface area contributed by atoms with Crippen molar-refractivity contribution in [3.05, 3.63) is 124 Å². The van der Waals surface area contributed by atoms with Crippen molar-refractivity contribution >= 4 is 40.6 Å². The van der Waals surface area contributed by atoms with Crippen LogP contribution in [0.1, 0.15) is 74.9 Å². The highest BCUT2D eigenvalue weighted by molar-refractivity contribution is 7.87. The van der Waals surface area contributed by atoms with E-state index >= 15 is 0 Å². The topological polar surface area (TPSA) is 83.6 Å². The van der Waals surface area contributed by atoms with E-state index in [0.717, 1.165) is 27.7 Å². The quantitative estimate of drug-likeness (QED) is 0.125. The molecule has 0 fully saturated rings. The predicted octanol–water partition coefficient (Wildman–Crippen LogP) is 10.2. The molecule has 0 aliphatic carbocycles. The number of hydrogen-bond donors (Lipinski definition) is 2.